The topological polar surface area (TPSA) is 46.7 Å². The lowest BCUT2D eigenvalue weighted by atomic mass is 10.2. The highest BCUT2D eigenvalue weighted by atomic mass is 16.6. The first-order valence-electron chi connectivity index (χ1n) is 2.79. The van der Waals surface area contributed by atoms with Gasteiger partial charge in [-0.05, 0) is 13.8 Å². The standard InChI is InChI=1S/C6H8O3/c1-3(7)5-6(9-5)4(2)8/h5-6H,1-2H3/t5-,6-/m1/s1. The van der Waals surface area contributed by atoms with Crippen LogP contribution in [0, 0.1) is 0 Å². The van der Waals surface area contributed by atoms with E-state index >= 15 is 0 Å². The highest BCUT2D eigenvalue weighted by Crippen LogP contribution is 2.22. The number of epoxide rings is 1. The highest BCUT2D eigenvalue weighted by Gasteiger charge is 2.45. The molecule has 0 aromatic heterocycles. The van der Waals surface area contributed by atoms with Crippen molar-refractivity contribution in [3.63, 3.8) is 0 Å². The predicted octanol–water partition coefficient (Wildman–Crippen LogP) is -0.0682. The number of Topliss-reactive ketones (excluding diaryl/α,β-unsaturated/α-hetero) is 2. The molecule has 0 unspecified atom stereocenters. The van der Waals surface area contributed by atoms with Crippen molar-refractivity contribution >= 4 is 11.6 Å². The third kappa shape index (κ3) is 1.16. The summed E-state index contributed by atoms with van der Waals surface area (Å²) in [6, 6.07) is 0. The van der Waals surface area contributed by atoms with Crippen molar-refractivity contribution in [2.24, 2.45) is 0 Å². The van der Waals surface area contributed by atoms with Crippen LogP contribution in [-0.4, -0.2) is 23.8 Å². The van der Waals surface area contributed by atoms with Gasteiger partial charge in [0.1, 0.15) is 12.2 Å². The molecular weight excluding hydrogens is 120 g/mol. The van der Waals surface area contributed by atoms with Crippen molar-refractivity contribution in [1.29, 1.82) is 0 Å². The van der Waals surface area contributed by atoms with E-state index < -0.39 is 12.2 Å². The Morgan fingerprint density at radius 3 is 1.56 bits per heavy atom. The molecule has 0 saturated carbocycles. The van der Waals surface area contributed by atoms with E-state index in [-0.39, 0.29) is 11.6 Å². The first-order chi connectivity index (χ1) is 4.13. The number of carbonyl (C=O) groups excluding carboxylic acids is 2. The van der Waals surface area contributed by atoms with Crippen molar-refractivity contribution < 1.29 is 14.3 Å². The van der Waals surface area contributed by atoms with Crippen molar-refractivity contribution in [3.05, 3.63) is 0 Å². The average molecular weight is 128 g/mol. The second kappa shape index (κ2) is 1.92. The van der Waals surface area contributed by atoms with E-state index in [0.29, 0.717) is 0 Å². The summed E-state index contributed by atoms with van der Waals surface area (Å²) in [6.07, 6.45) is -0.856. The van der Waals surface area contributed by atoms with Crippen molar-refractivity contribution in [1.82, 2.24) is 0 Å². The number of hydrogen-bond donors (Lipinski definition) is 0. The Balaban J connectivity index is 2.42. The van der Waals surface area contributed by atoms with Gasteiger partial charge in [-0.1, -0.05) is 0 Å². The molecule has 0 amide bonds. The van der Waals surface area contributed by atoms with Gasteiger partial charge in [0.2, 0.25) is 0 Å². The second-order valence-corrected chi connectivity index (χ2v) is 2.20. The molecule has 0 aliphatic carbocycles. The fourth-order valence-electron chi connectivity index (χ4n) is 0.731. The van der Waals surface area contributed by atoms with E-state index in [1.54, 1.807) is 0 Å². The lowest BCUT2D eigenvalue weighted by Gasteiger charge is -1.79. The minimum atomic E-state index is -0.428. The minimum absolute atomic E-state index is 0.0600. The normalized spacial score (nSPS) is 31.8. The Labute approximate surface area is 53.0 Å². The van der Waals surface area contributed by atoms with Crippen molar-refractivity contribution in [2.75, 3.05) is 0 Å². The molecule has 3 nitrogen and oxygen atoms in total. The van der Waals surface area contributed by atoms with Gasteiger partial charge >= 0.3 is 0 Å². The number of carbonyl (C=O) groups is 2. The lowest BCUT2D eigenvalue weighted by Crippen LogP contribution is -2.10. The summed E-state index contributed by atoms with van der Waals surface area (Å²) < 4.78 is 4.74. The maximum Gasteiger partial charge on any atom is 0.161 e. The Bertz CT molecular complexity index is 144. The van der Waals surface area contributed by atoms with Crippen LogP contribution in [0.15, 0.2) is 0 Å². The molecule has 0 aromatic rings. The number of ketones is 2. The van der Waals surface area contributed by atoms with Crippen LogP contribution in [0.2, 0.25) is 0 Å². The first-order valence-corrected chi connectivity index (χ1v) is 2.79. The summed E-state index contributed by atoms with van der Waals surface area (Å²) in [7, 11) is 0. The molecule has 0 bridgehead atoms. The Morgan fingerprint density at radius 1 is 1.11 bits per heavy atom. The minimum Gasteiger partial charge on any atom is -0.353 e. The molecule has 50 valence electrons. The van der Waals surface area contributed by atoms with Crippen LogP contribution in [-0.2, 0) is 14.3 Å². The molecule has 1 rings (SSSR count). The van der Waals surface area contributed by atoms with E-state index in [1.807, 2.05) is 0 Å². The van der Waals surface area contributed by atoms with E-state index in [4.69, 9.17) is 4.74 Å². The van der Waals surface area contributed by atoms with Gasteiger partial charge in [0.25, 0.3) is 0 Å². The fourth-order valence-corrected chi connectivity index (χ4v) is 0.731. The SMILES string of the molecule is CC(=O)[C@H]1O[C@@H]1C(C)=O. The maximum atomic E-state index is 10.4. The van der Waals surface area contributed by atoms with Gasteiger partial charge in [-0.3, -0.25) is 9.59 Å². The van der Waals surface area contributed by atoms with Crippen LogP contribution in [0.25, 0.3) is 0 Å². The highest BCUT2D eigenvalue weighted by molar-refractivity contribution is 5.94. The summed E-state index contributed by atoms with van der Waals surface area (Å²) in [5.74, 6) is -0.120. The average Bonchev–Trinajstić information content (AvgIpc) is 2.39. The predicted molar refractivity (Wildman–Crippen MR) is 30.0 cm³/mol. The van der Waals surface area contributed by atoms with E-state index in [1.165, 1.54) is 13.8 Å². The van der Waals surface area contributed by atoms with Crippen molar-refractivity contribution in [2.45, 2.75) is 26.1 Å². The number of hydrogen-bond acceptors (Lipinski definition) is 3. The summed E-state index contributed by atoms with van der Waals surface area (Å²) in [6.45, 7) is 2.85. The third-order valence-electron chi connectivity index (χ3n) is 1.29. The van der Waals surface area contributed by atoms with E-state index in [9.17, 15) is 9.59 Å². The maximum absolute atomic E-state index is 10.4. The molecule has 1 heterocycles. The molecule has 9 heavy (non-hydrogen) atoms. The number of ether oxygens (including phenoxy) is 1. The molecule has 1 fully saturated rings. The zero-order valence-electron chi connectivity index (χ0n) is 5.38. The monoisotopic (exact) mass is 128 g/mol. The van der Waals surface area contributed by atoms with Gasteiger partial charge in [0, 0.05) is 0 Å². The quantitative estimate of drug-likeness (QED) is 0.489. The van der Waals surface area contributed by atoms with E-state index in [2.05, 4.69) is 0 Å². The summed E-state index contributed by atoms with van der Waals surface area (Å²) in [5, 5.41) is 0. The molecule has 1 aliphatic heterocycles. The largest absolute Gasteiger partial charge is 0.353 e. The van der Waals surface area contributed by atoms with Crippen LogP contribution in [0.1, 0.15) is 13.8 Å². The smallest absolute Gasteiger partial charge is 0.161 e. The summed E-state index contributed by atoms with van der Waals surface area (Å²) in [5.41, 5.74) is 0. The molecule has 2 atom stereocenters. The van der Waals surface area contributed by atoms with Gasteiger partial charge in [-0.2, -0.15) is 0 Å². The van der Waals surface area contributed by atoms with Gasteiger partial charge in [0.15, 0.2) is 11.6 Å². The Kier molecular flexibility index (Phi) is 1.37. The van der Waals surface area contributed by atoms with Crippen LogP contribution in [0.4, 0.5) is 0 Å². The molecule has 0 aromatic carbocycles. The molecule has 1 saturated heterocycles. The van der Waals surface area contributed by atoms with Crippen LogP contribution in [0.5, 0.6) is 0 Å². The molecule has 1 aliphatic rings. The van der Waals surface area contributed by atoms with Gasteiger partial charge in [0.05, 0.1) is 0 Å². The zero-order valence-corrected chi connectivity index (χ0v) is 5.38. The van der Waals surface area contributed by atoms with Crippen LogP contribution in [0.3, 0.4) is 0 Å². The fraction of sp³-hybridized carbons (Fsp3) is 0.667. The molecule has 0 spiro atoms. The molecule has 3 heteroatoms. The Hall–Kier alpha value is -0.700. The van der Waals surface area contributed by atoms with Crippen LogP contribution >= 0.6 is 0 Å². The second-order valence-electron chi connectivity index (χ2n) is 2.20. The zero-order chi connectivity index (χ0) is 7.02. The van der Waals surface area contributed by atoms with Gasteiger partial charge in [-0.15, -0.1) is 0 Å². The van der Waals surface area contributed by atoms with Gasteiger partial charge < -0.3 is 4.74 Å². The summed E-state index contributed by atoms with van der Waals surface area (Å²) >= 11 is 0. The molecule has 0 N–H and O–H groups in total. The Morgan fingerprint density at radius 2 is 1.44 bits per heavy atom. The van der Waals surface area contributed by atoms with E-state index in [0.717, 1.165) is 0 Å². The van der Waals surface area contributed by atoms with Crippen LogP contribution < -0.4 is 0 Å². The third-order valence-corrected chi connectivity index (χ3v) is 1.29. The van der Waals surface area contributed by atoms with Gasteiger partial charge in [-0.25, -0.2) is 0 Å². The molecule has 0 radical (unpaired) electrons. The van der Waals surface area contributed by atoms with Crippen molar-refractivity contribution in [3.8, 4) is 0 Å². The first kappa shape index (κ1) is 6.42. The number of rotatable bonds is 2. The lowest BCUT2D eigenvalue weighted by molar-refractivity contribution is -0.120. The molecular formula is C6H8O3. The summed E-state index contributed by atoms with van der Waals surface area (Å²) in [4.78, 5) is 20.9.